The number of likely N-dealkylation sites (tertiary alicyclic amines) is 1. The van der Waals surface area contributed by atoms with Gasteiger partial charge in [0.05, 0.1) is 0 Å². The van der Waals surface area contributed by atoms with E-state index in [9.17, 15) is 4.79 Å². The Hall–Kier alpha value is -0.830. The molecule has 1 unspecified atom stereocenters. The van der Waals surface area contributed by atoms with Gasteiger partial charge in [-0.2, -0.15) is 0 Å². The summed E-state index contributed by atoms with van der Waals surface area (Å²) in [4.78, 5) is 13.5. The molecule has 0 bridgehead atoms. The van der Waals surface area contributed by atoms with Crippen LogP contribution in [0.2, 0.25) is 0 Å². The van der Waals surface area contributed by atoms with Crippen molar-refractivity contribution in [1.29, 1.82) is 0 Å². The normalized spacial score (nSPS) is 22.9. The van der Waals surface area contributed by atoms with Gasteiger partial charge in [-0.25, -0.2) is 0 Å². The van der Waals surface area contributed by atoms with E-state index in [4.69, 9.17) is 5.73 Å². The lowest BCUT2D eigenvalue weighted by atomic mass is 9.93. The van der Waals surface area contributed by atoms with Gasteiger partial charge < -0.3 is 10.6 Å². The molecule has 80 valence electrons. The first-order valence-electron chi connectivity index (χ1n) is 5.09. The number of carbonyl (C=O) groups excluding carboxylic acids is 1. The van der Waals surface area contributed by atoms with Crippen LogP contribution in [0.25, 0.3) is 0 Å². The monoisotopic (exact) mass is 196 g/mol. The van der Waals surface area contributed by atoms with E-state index in [1.54, 1.807) is 0 Å². The van der Waals surface area contributed by atoms with Crippen molar-refractivity contribution >= 4 is 5.91 Å². The second-order valence-electron chi connectivity index (χ2n) is 4.84. The van der Waals surface area contributed by atoms with Crippen LogP contribution in [-0.4, -0.2) is 30.4 Å². The maximum Gasteiger partial charge on any atom is 0.223 e. The molecule has 1 amide bonds. The molecule has 0 aromatic rings. The van der Waals surface area contributed by atoms with Gasteiger partial charge in [0.1, 0.15) is 0 Å². The topological polar surface area (TPSA) is 46.3 Å². The Morgan fingerprint density at radius 1 is 1.71 bits per heavy atom. The minimum Gasteiger partial charge on any atom is -0.341 e. The molecule has 14 heavy (non-hydrogen) atoms. The highest BCUT2D eigenvalue weighted by molar-refractivity contribution is 5.79. The number of nitrogens with two attached hydrogens (primary N) is 1. The van der Waals surface area contributed by atoms with Crippen LogP contribution >= 0.6 is 0 Å². The zero-order chi connectivity index (χ0) is 10.8. The van der Waals surface area contributed by atoms with Crippen LogP contribution in [0, 0.1) is 11.3 Å². The molecule has 1 saturated heterocycles. The molecule has 0 radical (unpaired) electrons. The lowest BCUT2D eigenvalue weighted by Crippen LogP contribution is -2.39. The number of nitrogens with zero attached hydrogens (tertiary/aromatic N) is 1. The molecular formula is C11H20N2O. The number of hydrogen-bond acceptors (Lipinski definition) is 2. The summed E-state index contributed by atoms with van der Waals surface area (Å²) in [6.07, 6.45) is 2.48. The Kier molecular flexibility index (Phi) is 3.32. The van der Waals surface area contributed by atoms with Gasteiger partial charge in [0.2, 0.25) is 5.91 Å². The van der Waals surface area contributed by atoms with Crippen molar-refractivity contribution in [2.75, 3.05) is 19.6 Å². The molecular weight excluding hydrogens is 176 g/mol. The Labute approximate surface area is 86.0 Å². The first-order valence-corrected chi connectivity index (χ1v) is 5.09. The van der Waals surface area contributed by atoms with Gasteiger partial charge >= 0.3 is 0 Å². The van der Waals surface area contributed by atoms with Gasteiger partial charge in [0.15, 0.2) is 0 Å². The smallest absolute Gasteiger partial charge is 0.223 e. The van der Waals surface area contributed by atoms with E-state index in [1.807, 2.05) is 11.0 Å². The summed E-state index contributed by atoms with van der Waals surface area (Å²) in [6.45, 7) is 10.1. The fourth-order valence-corrected chi connectivity index (χ4v) is 1.69. The minimum absolute atomic E-state index is 0.0196. The molecule has 1 heterocycles. The Morgan fingerprint density at radius 3 is 2.79 bits per heavy atom. The SMILES string of the molecule is C=CC1CC(=O)N(CC(C)(C)CN)C1. The van der Waals surface area contributed by atoms with Gasteiger partial charge in [-0.3, -0.25) is 4.79 Å². The second-order valence-corrected chi connectivity index (χ2v) is 4.84. The van der Waals surface area contributed by atoms with Crippen LogP contribution in [0.3, 0.4) is 0 Å². The first-order chi connectivity index (χ1) is 6.48. The van der Waals surface area contributed by atoms with Crippen molar-refractivity contribution in [3.05, 3.63) is 12.7 Å². The minimum atomic E-state index is 0.0196. The Morgan fingerprint density at radius 2 is 2.36 bits per heavy atom. The van der Waals surface area contributed by atoms with Crippen LogP contribution < -0.4 is 5.73 Å². The summed E-state index contributed by atoms with van der Waals surface area (Å²) >= 11 is 0. The zero-order valence-corrected chi connectivity index (χ0v) is 9.12. The molecule has 0 aromatic carbocycles. The van der Waals surface area contributed by atoms with E-state index in [2.05, 4.69) is 20.4 Å². The lowest BCUT2D eigenvalue weighted by Gasteiger charge is -2.28. The molecule has 3 nitrogen and oxygen atoms in total. The van der Waals surface area contributed by atoms with Crippen molar-refractivity contribution in [3.8, 4) is 0 Å². The van der Waals surface area contributed by atoms with Crippen LogP contribution in [-0.2, 0) is 4.79 Å². The number of rotatable bonds is 4. The fourth-order valence-electron chi connectivity index (χ4n) is 1.69. The summed E-state index contributed by atoms with van der Waals surface area (Å²) in [5.41, 5.74) is 5.66. The first kappa shape index (κ1) is 11.2. The molecule has 0 saturated carbocycles. The fraction of sp³-hybridized carbons (Fsp3) is 0.727. The molecule has 1 aliphatic rings. The van der Waals surface area contributed by atoms with Crippen molar-refractivity contribution in [1.82, 2.24) is 4.90 Å². The van der Waals surface area contributed by atoms with E-state index in [1.165, 1.54) is 0 Å². The molecule has 3 heteroatoms. The van der Waals surface area contributed by atoms with Gasteiger partial charge in [0, 0.05) is 25.4 Å². The largest absolute Gasteiger partial charge is 0.341 e. The standard InChI is InChI=1S/C11H20N2O/c1-4-9-5-10(14)13(6-9)8-11(2,3)7-12/h4,9H,1,5-8,12H2,2-3H3. The quantitative estimate of drug-likeness (QED) is 0.682. The predicted octanol–water partition coefficient (Wildman–Crippen LogP) is 1.01. The predicted molar refractivity (Wildman–Crippen MR) is 57.7 cm³/mol. The zero-order valence-electron chi connectivity index (χ0n) is 9.12. The van der Waals surface area contributed by atoms with Gasteiger partial charge in [-0.15, -0.1) is 6.58 Å². The molecule has 2 N–H and O–H groups in total. The van der Waals surface area contributed by atoms with E-state index >= 15 is 0 Å². The average Bonchev–Trinajstić information content (AvgIpc) is 2.47. The number of carbonyl (C=O) groups is 1. The third kappa shape index (κ3) is 2.58. The molecule has 0 aromatic heterocycles. The molecule has 1 atom stereocenters. The maximum absolute atomic E-state index is 11.6. The van der Waals surface area contributed by atoms with Crippen molar-refractivity contribution in [2.24, 2.45) is 17.1 Å². The van der Waals surface area contributed by atoms with Crippen LogP contribution in [0.5, 0.6) is 0 Å². The van der Waals surface area contributed by atoms with Crippen LogP contribution in [0.15, 0.2) is 12.7 Å². The van der Waals surface area contributed by atoms with E-state index in [-0.39, 0.29) is 11.3 Å². The van der Waals surface area contributed by atoms with Crippen molar-refractivity contribution in [2.45, 2.75) is 20.3 Å². The molecule has 1 aliphatic heterocycles. The Bertz CT molecular complexity index is 235. The highest BCUT2D eigenvalue weighted by Crippen LogP contribution is 2.23. The molecule has 1 fully saturated rings. The van der Waals surface area contributed by atoms with E-state index in [0.717, 1.165) is 13.1 Å². The van der Waals surface area contributed by atoms with Crippen LogP contribution in [0.4, 0.5) is 0 Å². The van der Waals surface area contributed by atoms with E-state index in [0.29, 0.717) is 18.9 Å². The number of hydrogen-bond donors (Lipinski definition) is 1. The summed E-state index contributed by atoms with van der Waals surface area (Å²) in [5, 5.41) is 0. The highest BCUT2D eigenvalue weighted by Gasteiger charge is 2.31. The summed E-state index contributed by atoms with van der Waals surface area (Å²) in [6, 6.07) is 0. The summed E-state index contributed by atoms with van der Waals surface area (Å²) in [7, 11) is 0. The third-order valence-electron chi connectivity index (χ3n) is 2.75. The van der Waals surface area contributed by atoms with Crippen LogP contribution in [0.1, 0.15) is 20.3 Å². The highest BCUT2D eigenvalue weighted by atomic mass is 16.2. The third-order valence-corrected chi connectivity index (χ3v) is 2.75. The second kappa shape index (κ2) is 4.13. The average molecular weight is 196 g/mol. The molecule has 0 aliphatic carbocycles. The Balaban J connectivity index is 2.54. The van der Waals surface area contributed by atoms with Gasteiger partial charge in [-0.1, -0.05) is 19.9 Å². The van der Waals surface area contributed by atoms with Crippen molar-refractivity contribution in [3.63, 3.8) is 0 Å². The maximum atomic E-state index is 11.6. The molecule has 1 rings (SSSR count). The molecule has 0 spiro atoms. The summed E-state index contributed by atoms with van der Waals surface area (Å²) < 4.78 is 0. The lowest BCUT2D eigenvalue weighted by molar-refractivity contribution is -0.128. The van der Waals surface area contributed by atoms with E-state index < -0.39 is 0 Å². The summed E-state index contributed by atoms with van der Waals surface area (Å²) in [5.74, 6) is 0.562. The van der Waals surface area contributed by atoms with Gasteiger partial charge in [-0.05, 0) is 12.0 Å². The number of amides is 1. The van der Waals surface area contributed by atoms with Gasteiger partial charge in [0.25, 0.3) is 0 Å². The van der Waals surface area contributed by atoms with Crippen molar-refractivity contribution < 1.29 is 4.79 Å².